The summed E-state index contributed by atoms with van der Waals surface area (Å²) in [6.45, 7) is 3.70. The third-order valence-corrected chi connectivity index (χ3v) is 6.93. The molecular formula is C29H26ClN3O6. The van der Waals surface area contributed by atoms with E-state index in [1.807, 2.05) is 25.1 Å². The summed E-state index contributed by atoms with van der Waals surface area (Å²) in [5.74, 6) is -0.860. The van der Waals surface area contributed by atoms with Crippen LogP contribution >= 0.6 is 11.6 Å². The molecule has 1 unspecified atom stereocenters. The number of aliphatic hydroxyl groups excluding tert-OH is 1. The van der Waals surface area contributed by atoms with Gasteiger partial charge in [0.05, 0.1) is 54.6 Å². The van der Waals surface area contributed by atoms with Crippen molar-refractivity contribution in [1.82, 2.24) is 9.97 Å². The van der Waals surface area contributed by atoms with Gasteiger partial charge in [-0.15, -0.1) is 0 Å². The molecule has 1 aliphatic rings. The van der Waals surface area contributed by atoms with Gasteiger partial charge in [0, 0.05) is 12.1 Å². The number of hydrogen-bond donors (Lipinski definition) is 2. The third kappa shape index (κ3) is 4.34. The number of ketones is 1. The van der Waals surface area contributed by atoms with Gasteiger partial charge in [0.1, 0.15) is 11.5 Å². The van der Waals surface area contributed by atoms with Crippen LogP contribution < -0.4 is 19.1 Å². The summed E-state index contributed by atoms with van der Waals surface area (Å²) >= 11 is 6.39. The predicted octanol–water partition coefficient (Wildman–Crippen LogP) is 5.49. The van der Waals surface area contributed by atoms with Gasteiger partial charge < -0.3 is 24.3 Å². The quantitative estimate of drug-likeness (QED) is 0.186. The highest BCUT2D eigenvalue weighted by Gasteiger charge is 2.48. The Morgan fingerprint density at radius 2 is 1.69 bits per heavy atom. The molecule has 2 heterocycles. The van der Waals surface area contributed by atoms with Crippen LogP contribution in [0.5, 0.6) is 17.2 Å². The molecular weight excluding hydrogens is 522 g/mol. The van der Waals surface area contributed by atoms with Crippen LogP contribution in [-0.2, 0) is 9.59 Å². The lowest BCUT2D eigenvalue weighted by Crippen LogP contribution is -2.30. The fourth-order valence-electron chi connectivity index (χ4n) is 4.90. The van der Waals surface area contributed by atoms with E-state index in [1.165, 1.54) is 26.2 Å². The van der Waals surface area contributed by atoms with Crippen LogP contribution in [0.1, 0.15) is 28.3 Å². The number of benzene rings is 3. The zero-order valence-electron chi connectivity index (χ0n) is 22.0. The van der Waals surface area contributed by atoms with Crippen LogP contribution in [0.15, 0.2) is 54.1 Å². The van der Waals surface area contributed by atoms with Crippen LogP contribution in [0.2, 0.25) is 5.02 Å². The van der Waals surface area contributed by atoms with Crippen molar-refractivity contribution in [2.24, 2.45) is 0 Å². The average Bonchev–Trinajstić information content (AvgIpc) is 3.44. The van der Waals surface area contributed by atoms with Crippen LogP contribution in [0, 0.1) is 13.8 Å². The molecule has 1 atom stereocenters. The second-order valence-corrected chi connectivity index (χ2v) is 9.60. The molecule has 0 spiro atoms. The number of carbonyl (C=O) groups is 2. The van der Waals surface area contributed by atoms with Gasteiger partial charge in [-0.2, -0.15) is 0 Å². The van der Waals surface area contributed by atoms with Crippen molar-refractivity contribution in [3.63, 3.8) is 0 Å². The van der Waals surface area contributed by atoms with Crippen LogP contribution in [-0.4, -0.2) is 48.1 Å². The van der Waals surface area contributed by atoms with Gasteiger partial charge in [-0.25, -0.2) is 4.98 Å². The molecule has 1 fully saturated rings. The van der Waals surface area contributed by atoms with E-state index in [4.69, 9.17) is 25.8 Å². The Labute approximate surface area is 229 Å². The Morgan fingerprint density at radius 3 is 2.36 bits per heavy atom. The second kappa shape index (κ2) is 9.99. The summed E-state index contributed by atoms with van der Waals surface area (Å²) in [4.78, 5) is 36.2. The summed E-state index contributed by atoms with van der Waals surface area (Å²) < 4.78 is 16.2. The molecule has 0 saturated carbocycles. The van der Waals surface area contributed by atoms with E-state index in [9.17, 15) is 14.7 Å². The van der Waals surface area contributed by atoms with Crippen molar-refractivity contribution in [3.8, 4) is 17.2 Å². The largest absolute Gasteiger partial charge is 0.507 e. The number of methoxy groups -OCH3 is 3. The van der Waals surface area contributed by atoms with Crippen LogP contribution in [0.25, 0.3) is 16.8 Å². The normalized spacial score (nSPS) is 16.7. The number of ether oxygens (including phenoxy) is 3. The number of imidazole rings is 1. The summed E-state index contributed by atoms with van der Waals surface area (Å²) in [5, 5.41) is 11.9. The number of halogens is 1. The van der Waals surface area contributed by atoms with Crippen molar-refractivity contribution in [2.75, 3.05) is 26.2 Å². The summed E-state index contributed by atoms with van der Waals surface area (Å²) in [6.07, 6.45) is 0. The molecule has 1 aliphatic heterocycles. The van der Waals surface area contributed by atoms with E-state index >= 15 is 0 Å². The molecule has 39 heavy (non-hydrogen) atoms. The van der Waals surface area contributed by atoms with Crippen molar-refractivity contribution >= 4 is 46.0 Å². The van der Waals surface area contributed by atoms with E-state index in [-0.39, 0.29) is 27.9 Å². The summed E-state index contributed by atoms with van der Waals surface area (Å²) in [5.41, 5.74) is 3.43. The zero-order valence-corrected chi connectivity index (χ0v) is 22.7. The van der Waals surface area contributed by atoms with Gasteiger partial charge >= 0.3 is 5.91 Å². The maximum absolute atomic E-state index is 13.6. The number of amides is 1. The van der Waals surface area contributed by atoms with E-state index in [0.717, 1.165) is 11.1 Å². The predicted molar refractivity (Wildman–Crippen MR) is 148 cm³/mol. The first kappa shape index (κ1) is 26.1. The number of carbonyl (C=O) groups excluding carboxylic acids is 2. The zero-order chi connectivity index (χ0) is 28.0. The number of H-pyrrole nitrogens is 1. The van der Waals surface area contributed by atoms with Crippen LogP contribution in [0.3, 0.4) is 0 Å². The molecule has 1 amide bonds. The monoisotopic (exact) mass is 547 g/mol. The number of fused-ring (bicyclic) bond motifs is 1. The molecule has 0 aliphatic carbocycles. The Balaban J connectivity index is 1.77. The Hall–Kier alpha value is -4.50. The molecule has 1 aromatic heterocycles. The van der Waals surface area contributed by atoms with Crippen LogP contribution in [0.4, 0.5) is 5.95 Å². The lowest BCUT2D eigenvalue weighted by atomic mass is 9.94. The number of Topliss-reactive ketones (excluding diaryl/α,β-unsaturated/α-hetero) is 1. The number of aliphatic hydroxyl groups is 1. The fraction of sp³-hybridized carbons (Fsp3) is 0.207. The topological polar surface area (TPSA) is 114 Å². The van der Waals surface area contributed by atoms with E-state index < -0.39 is 23.5 Å². The minimum Gasteiger partial charge on any atom is -0.507 e. The minimum atomic E-state index is -0.988. The van der Waals surface area contributed by atoms with Crippen molar-refractivity contribution < 1.29 is 28.9 Å². The van der Waals surface area contributed by atoms with Crippen molar-refractivity contribution in [3.05, 3.63) is 81.4 Å². The second-order valence-electron chi connectivity index (χ2n) is 9.20. The highest BCUT2D eigenvalue weighted by Crippen LogP contribution is 2.44. The first-order valence-electron chi connectivity index (χ1n) is 12.0. The number of aromatic amines is 1. The SMILES string of the molecule is COc1cc2nc(N3C(=O)C(=O)/C(=C(/O)c4cc(C)cc(Cl)c4OC)C3c3cccc(C)c3)[nH]c2cc1OC. The first-order valence-corrected chi connectivity index (χ1v) is 12.4. The van der Waals surface area contributed by atoms with Crippen molar-refractivity contribution in [2.45, 2.75) is 19.9 Å². The van der Waals surface area contributed by atoms with Gasteiger partial charge in [-0.3, -0.25) is 14.5 Å². The van der Waals surface area contributed by atoms with Gasteiger partial charge in [0.25, 0.3) is 5.78 Å². The summed E-state index contributed by atoms with van der Waals surface area (Å²) in [7, 11) is 4.45. The molecule has 9 nitrogen and oxygen atoms in total. The molecule has 0 radical (unpaired) electrons. The number of nitrogens with one attached hydrogen (secondary N) is 1. The fourth-order valence-corrected chi connectivity index (χ4v) is 5.25. The Bertz CT molecular complexity index is 1630. The highest BCUT2D eigenvalue weighted by molar-refractivity contribution is 6.51. The molecule has 5 rings (SSSR count). The standard InChI is InChI=1S/C29H26ClN3O6/c1-14-7-6-8-16(9-14)24-23(25(34)17-10-15(2)11-18(30)27(17)39-5)26(35)28(36)33(24)29-31-19-12-21(37-3)22(38-4)13-20(19)32-29/h6-13,24,34H,1-5H3,(H,31,32)/b25-23+. The van der Waals surface area contributed by atoms with Crippen molar-refractivity contribution in [1.29, 1.82) is 0 Å². The molecule has 200 valence electrons. The smallest absolute Gasteiger partial charge is 0.302 e. The van der Waals surface area contributed by atoms with Gasteiger partial charge in [-0.05, 0) is 37.1 Å². The Kier molecular flexibility index (Phi) is 6.69. The van der Waals surface area contributed by atoms with E-state index in [0.29, 0.717) is 28.1 Å². The minimum absolute atomic E-state index is 0.110. The maximum Gasteiger partial charge on any atom is 0.302 e. The molecule has 2 N–H and O–H groups in total. The average molecular weight is 548 g/mol. The number of aryl methyl sites for hydroxylation is 2. The van der Waals surface area contributed by atoms with Gasteiger partial charge in [0.15, 0.2) is 11.5 Å². The third-order valence-electron chi connectivity index (χ3n) is 6.65. The molecule has 1 saturated heterocycles. The maximum atomic E-state index is 13.6. The molecule has 3 aromatic carbocycles. The Morgan fingerprint density at radius 1 is 0.974 bits per heavy atom. The lowest BCUT2D eigenvalue weighted by molar-refractivity contribution is -0.132. The number of anilines is 1. The van der Waals surface area contributed by atoms with E-state index in [2.05, 4.69) is 9.97 Å². The highest BCUT2D eigenvalue weighted by atomic mass is 35.5. The first-order chi connectivity index (χ1) is 18.7. The molecule has 4 aromatic rings. The number of hydrogen-bond acceptors (Lipinski definition) is 7. The van der Waals surface area contributed by atoms with E-state index in [1.54, 1.807) is 37.3 Å². The number of rotatable bonds is 6. The van der Waals surface area contributed by atoms with Gasteiger partial charge in [-0.1, -0.05) is 41.4 Å². The number of nitrogens with zero attached hydrogens (tertiary/aromatic N) is 2. The molecule has 0 bridgehead atoms. The lowest BCUT2D eigenvalue weighted by Gasteiger charge is -2.23. The molecule has 10 heteroatoms. The van der Waals surface area contributed by atoms with Gasteiger partial charge in [0.2, 0.25) is 5.95 Å². The summed E-state index contributed by atoms with van der Waals surface area (Å²) in [6, 6.07) is 13.1. The number of aromatic nitrogens is 2.